The van der Waals surface area contributed by atoms with E-state index in [9.17, 15) is 9.59 Å². The van der Waals surface area contributed by atoms with E-state index in [-0.39, 0.29) is 16.9 Å². The maximum absolute atomic E-state index is 13.7. The number of carbonyl (C=O) groups is 1. The third-order valence-electron chi connectivity index (χ3n) is 8.04. The Morgan fingerprint density at radius 1 is 1.02 bits per heavy atom. The van der Waals surface area contributed by atoms with Gasteiger partial charge in [-0.1, -0.05) is 51.1 Å². The molecule has 0 saturated heterocycles. The second kappa shape index (κ2) is 12.5. The van der Waals surface area contributed by atoms with Gasteiger partial charge in [-0.05, 0) is 70.8 Å². The van der Waals surface area contributed by atoms with Crippen molar-refractivity contribution in [3.63, 3.8) is 0 Å². The molecule has 0 unspecified atom stereocenters. The summed E-state index contributed by atoms with van der Waals surface area (Å²) in [6.07, 6.45) is 4.43. The minimum Gasteiger partial charge on any atom is -0.383 e. The van der Waals surface area contributed by atoms with Gasteiger partial charge in [0.2, 0.25) is 0 Å². The zero-order valence-electron chi connectivity index (χ0n) is 26.0. The number of aryl methyl sites for hydroxylation is 1. The number of rotatable bonds is 9. The van der Waals surface area contributed by atoms with Crippen molar-refractivity contribution in [1.29, 1.82) is 0 Å². The van der Waals surface area contributed by atoms with Gasteiger partial charge in [-0.3, -0.25) is 9.59 Å². The van der Waals surface area contributed by atoms with Gasteiger partial charge in [0, 0.05) is 63.0 Å². The summed E-state index contributed by atoms with van der Waals surface area (Å²) in [5, 5.41) is 6.51. The van der Waals surface area contributed by atoms with Crippen LogP contribution >= 0.6 is 0 Å². The number of carbonyl (C=O) groups excluding carboxylic acids is 1. The monoisotopic (exact) mass is 579 g/mol. The molecule has 4 aromatic rings. The van der Waals surface area contributed by atoms with Gasteiger partial charge in [-0.2, -0.15) is 0 Å². The highest BCUT2D eigenvalue weighted by molar-refractivity contribution is 6.09. The van der Waals surface area contributed by atoms with Gasteiger partial charge in [0.25, 0.3) is 11.5 Å². The Bertz CT molecular complexity index is 1690. The van der Waals surface area contributed by atoms with Crippen molar-refractivity contribution in [1.82, 2.24) is 14.9 Å². The van der Waals surface area contributed by atoms with E-state index in [2.05, 4.69) is 48.5 Å². The van der Waals surface area contributed by atoms with Crippen LogP contribution in [0.5, 0.6) is 0 Å². The zero-order chi connectivity index (χ0) is 30.7. The summed E-state index contributed by atoms with van der Waals surface area (Å²) in [7, 11) is 3.42. The number of nitrogens with one attached hydrogen (secondary N) is 2. The summed E-state index contributed by atoms with van der Waals surface area (Å²) in [5.74, 6) is 0.612. The van der Waals surface area contributed by atoms with Crippen LogP contribution in [0, 0.1) is 6.92 Å². The lowest BCUT2D eigenvalue weighted by Gasteiger charge is -2.31. The summed E-state index contributed by atoms with van der Waals surface area (Å²) in [6.45, 7) is 11.3. The molecule has 0 radical (unpaired) electrons. The summed E-state index contributed by atoms with van der Waals surface area (Å²) in [5.41, 5.74) is 8.18. The van der Waals surface area contributed by atoms with Crippen LogP contribution < -0.4 is 21.1 Å². The third-order valence-corrected chi connectivity index (χ3v) is 8.04. The largest absolute Gasteiger partial charge is 0.383 e. The topological polar surface area (TPSA) is 88.5 Å². The molecular formula is C35H41N5O3. The first-order chi connectivity index (χ1) is 20.6. The molecule has 224 valence electrons. The minimum absolute atomic E-state index is 0.0215. The highest BCUT2D eigenvalue weighted by atomic mass is 16.5. The number of nitrogens with zero attached hydrogens (tertiary/aromatic N) is 3. The van der Waals surface area contributed by atoms with Gasteiger partial charge in [0.1, 0.15) is 11.5 Å². The first kappa shape index (κ1) is 30.2. The Morgan fingerprint density at radius 2 is 1.84 bits per heavy atom. The Balaban J connectivity index is 1.40. The van der Waals surface area contributed by atoms with Gasteiger partial charge < -0.3 is 24.8 Å². The Hall–Kier alpha value is -4.27. The van der Waals surface area contributed by atoms with E-state index in [0.29, 0.717) is 31.2 Å². The Labute approximate surface area is 253 Å². The lowest BCUT2D eigenvalue weighted by atomic mass is 9.84. The normalized spacial score (nSPS) is 13.3. The number of methoxy groups -OCH3 is 1. The zero-order valence-corrected chi connectivity index (χ0v) is 26.0. The number of fused-ring (bicyclic) bond motifs is 1. The second-order valence-electron chi connectivity index (χ2n) is 12.2. The van der Waals surface area contributed by atoms with Crippen molar-refractivity contribution < 1.29 is 9.53 Å². The molecule has 0 fully saturated rings. The molecular weight excluding hydrogens is 538 g/mol. The molecule has 1 aliphatic rings. The smallest absolute Gasteiger partial charge is 0.274 e. The average molecular weight is 580 g/mol. The van der Waals surface area contributed by atoms with Crippen LogP contribution in [0.4, 0.5) is 17.2 Å². The van der Waals surface area contributed by atoms with E-state index in [4.69, 9.17) is 4.74 Å². The van der Waals surface area contributed by atoms with E-state index in [0.717, 1.165) is 52.0 Å². The fourth-order valence-electron chi connectivity index (χ4n) is 5.51. The highest BCUT2D eigenvalue weighted by Crippen LogP contribution is 2.35. The Morgan fingerprint density at radius 3 is 2.56 bits per heavy atom. The maximum Gasteiger partial charge on any atom is 0.274 e. The minimum atomic E-state index is -0.151. The fraction of sp³-hybridized carbons (Fsp3) is 0.343. The molecule has 0 atom stereocenters. The number of amides is 1. The lowest BCUT2D eigenvalue weighted by Crippen LogP contribution is -2.38. The number of hydrogen-bond donors (Lipinski definition) is 2. The van der Waals surface area contributed by atoms with Crippen LogP contribution in [0.25, 0.3) is 11.1 Å². The molecule has 2 aromatic heterocycles. The standard InChI is InChI=1S/C35H41N5O3/c1-23-28(8-7-9-31(23)40-16-14-25-18-27(35(2,3)4)11-12-29(25)33(40)41)26-19-30(34(42)39(5)22-26)38-32-13-10-24(21-37-32)20-36-15-17-43-6/h7-13,18-19,21-22,36H,14-17,20H2,1-6H3,(H,37,38). The summed E-state index contributed by atoms with van der Waals surface area (Å²) < 4.78 is 6.64. The summed E-state index contributed by atoms with van der Waals surface area (Å²) in [6, 6.07) is 18.0. The SMILES string of the molecule is COCCNCc1ccc(Nc2cc(-c3cccc(N4CCc5cc(C(C)(C)C)ccc5C4=O)c3C)cn(C)c2=O)nc1. The molecule has 0 saturated carbocycles. The van der Waals surface area contributed by atoms with Crippen molar-refractivity contribution in [2.75, 3.05) is 37.0 Å². The van der Waals surface area contributed by atoms with Gasteiger partial charge in [0.15, 0.2) is 0 Å². The molecule has 3 heterocycles. The molecule has 0 spiro atoms. The average Bonchev–Trinajstić information content (AvgIpc) is 2.98. The van der Waals surface area contributed by atoms with Crippen LogP contribution in [0.1, 0.15) is 53.4 Å². The van der Waals surface area contributed by atoms with E-state index in [1.54, 1.807) is 24.9 Å². The molecule has 2 aromatic carbocycles. The van der Waals surface area contributed by atoms with Crippen LogP contribution in [0.15, 0.2) is 71.8 Å². The van der Waals surface area contributed by atoms with Crippen molar-refractivity contribution in [3.8, 4) is 11.1 Å². The molecule has 0 aliphatic carbocycles. The highest BCUT2D eigenvalue weighted by Gasteiger charge is 2.28. The van der Waals surface area contributed by atoms with Crippen molar-refractivity contribution >= 4 is 23.1 Å². The van der Waals surface area contributed by atoms with Crippen molar-refractivity contribution in [2.45, 2.75) is 46.1 Å². The predicted octanol–water partition coefficient (Wildman–Crippen LogP) is 5.74. The Kier molecular flexibility index (Phi) is 8.80. The summed E-state index contributed by atoms with van der Waals surface area (Å²) in [4.78, 5) is 33.2. The number of ether oxygens (including phenoxy) is 1. The van der Waals surface area contributed by atoms with Crippen LogP contribution in [-0.4, -0.2) is 42.3 Å². The molecule has 1 amide bonds. The van der Waals surface area contributed by atoms with Crippen LogP contribution in [-0.2, 0) is 30.2 Å². The molecule has 1 aliphatic heterocycles. The number of benzene rings is 2. The number of hydrogen-bond acceptors (Lipinski definition) is 6. The van der Waals surface area contributed by atoms with Gasteiger partial charge in [0.05, 0.1) is 6.61 Å². The number of anilines is 3. The first-order valence-corrected chi connectivity index (χ1v) is 14.7. The van der Waals surface area contributed by atoms with Gasteiger partial charge in [-0.25, -0.2) is 4.98 Å². The molecule has 0 bridgehead atoms. The molecule has 8 heteroatoms. The molecule has 5 rings (SSSR count). The van der Waals surface area contributed by atoms with Crippen molar-refractivity contribution in [3.05, 3.63) is 105 Å². The van der Waals surface area contributed by atoms with E-state index in [1.165, 1.54) is 5.56 Å². The quantitative estimate of drug-likeness (QED) is 0.246. The van der Waals surface area contributed by atoms with E-state index in [1.807, 2.05) is 60.5 Å². The maximum atomic E-state index is 13.7. The molecule has 2 N–H and O–H groups in total. The third kappa shape index (κ3) is 6.55. The van der Waals surface area contributed by atoms with Gasteiger partial charge in [-0.15, -0.1) is 0 Å². The van der Waals surface area contributed by atoms with E-state index >= 15 is 0 Å². The van der Waals surface area contributed by atoms with Gasteiger partial charge >= 0.3 is 0 Å². The van der Waals surface area contributed by atoms with Crippen LogP contribution in [0.3, 0.4) is 0 Å². The van der Waals surface area contributed by atoms with Crippen LogP contribution in [0.2, 0.25) is 0 Å². The lowest BCUT2D eigenvalue weighted by molar-refractivity contribution is 0.0980. The molecule has 43 heavy (non-hydrogen) atoms. The predicted molar refractivity (Wildman–Crippen MR) is 173 cm³/mol. The molecule has 8 nitrogen and oxygen atoms in total. The number of pyridine rings is 2. The first-order valence-electron chi connectivity index (χ1n) is 14.7. The van der Waals surface area contributed by atoms with E-state index < -0.39 is 0 Å². The second-order valence-corrected chi connectivity index (χ2v) is 12.2. The van der Waals surface area contributed by atoms with Crippen molar-refractivity contribution in [2.24, 2.45) is 7.05 Å². The summed E-state index contributed by atoms with van der Waals surface area (Å²) >= 11 is 0. The number of aromatic nitrogens is 2. The fourth-order valence-corrected chi connectivity index (χ4v) is 5.51.